The average Bonchev–Trinajstić information content (AvgIpc) is 2.69. The van der Waals surface area contributed by atoms with Crippen LogP contribution in [0.25, 0.3) is 22.0 Å². The third-order valence-electron chi connectivity index (χ3n) is 3.72. The van der Waals surface area contributed by atoms with Gasteiger partial charge >= 0.3 is 5.97 Å². The minimum atomic E-state index is -0.990. The summed E-state index contributed by atoms with van der Waals surface area (Å²) >= 11 is 0. The van der Waals surface area contributed by atoms with Gasteiger partial charge in [0.2, 0.25) is 0 Å². The van der Waals surface area contributed by atoms with Crippen LogP contribution in [0.5, 0.6) is 0 Å². The summed E-state index contributed by atoms with van der Waals surface area (Å²) < 4.78 is 0. The van der Waals surface area contributed by atoms with E-state index in [1.54, 1.807) is 24.5 Å². The number of pyridine rings is 1. The zero-order chi connectivity index (χ0) is 18.4. The molecule has 0 saturated heterocycles. The van der Waals surface area contributed by atoms with E-state index in [4.69, 9.17) is 5.11 Å². The molecule has 0 aliphatic rings. The fraction of sp³-hybridized carbons (Fsp3) is 0.0476. The van der Waals surface area contributed by atoms with E-state index in [0.717, 1.165) is 17.0 Å². The van der Waals surface area contributed by atoms with Crippen LogP contribution in [-0.2, 0) is 20.1 Å². The molecule has 0 bridgehead atoms. The third kappa shape index (κ3) is 5.03. The van der Waals surface area contributed by atoms with Gasteiger partial charge in [-0.05, 0) is 19.1 Å². The molecule has 2 aromatic heterocycles. The molecule has 1 N–H and O–H groups in total. The first-order valence-corrected chi connectivity index (χ1v) is 7.98. The largest absolute Gasteiger partial charge is 0.477 e. The number of hydrogen-bond donors (Lipinski definition) is 1. The number of aromatic carboxylic acids is 1. The summed E-state index contributed by atoms with van der Waals surface area (Å²) in [6.45, 7) is 1.97. The van der Waals surface area contributed by atoms with Gasteiger partial charge in [-0.1, -0.05) is 35.7 Å². The van der Waals surface area contributed by atoms with Gasteiger partial charge in [0.05, 0.1) is 0 Å². The van der Waals surface area contributed by atoms with Crippen LogP contribution in [0.4, 0.5) is 0 Å². The first-order valence-electron chi connectivity index (χ1n) is 7.98. The van der Waals surface area contributed by atoms with Gasteiger partial charge in [0.25, 0.3) is 0 Å². The predicted octanol–water partition coefficient (Wildman–Crippen LogP) is 4.18. The molecule has 4 aromatic rings. The molecule has 0 fully saturated rings. The second-order valence-electron chi connectivity index (χ2n) is 5.45. The minimum Gasteiger partial charge on any atom is -0.477 e. The summed E-state index contributed by atoms with van der Waals surface area (Å²) in [6.07, 6.45) is 4.88. The van der Waals surface area contributed by atoms with Crippen LogP contribution in [0.1, 0.15) is 16.2 Å². The van der Waals surface area contributed by atoms with Gasteiger partial charge < -0.3 is 10.1 Å². The summed E-state index contributed by atoms with van der Waals surface area (Å²) in [5, 5.41) is 10.7. The van der Waals surface area contributed by atoms with E-state index < -0.39 is 5.97 Å². The number of rotatable bonds is 2. The van der Waals surface area contributed by atoms with E-state index in [0.29, 0.717) is 0 Å². The van der Waals surface area contributed by atoms with Crippen molar-refractivity contribution < 1.29 is 30.0 Å². The molecular weight excluding hydrogens is 518 g/mol. The van der Waals surface area contributed by atoms with Crippen molar-refractivity contribution >= 4 is 16.7 Å². The number of benzene rings is 2. The molecular formula is C21H16IrN3O2-. The van der Waals surface area contributed by atoms with Crippen LogP contribution < -0.4 is 0 Å². The molecule has 6 heteroatoms. The van der Waals surface area contributed by atoms with Crippen LogP contribution in [0.2, 0.25) is 0 Å². The molecule has 2 aromatic carbocycles. The second kappa shape index (κ2) is 9.67. The number of nitrogens with zero attached hydrogens (tertiary/aromatic N) is 3. The summed E-state index contributed by atoms with van der Waals surface area (Å²) in [6, 6.07) is 20.3. The van der Waals surface area contributed by atoms with Crippen LogP contribution in [0.15, 0.2) is 73.2 Å². The fourth-order valence-corrected chi connectivity index (χ4v) is 2.50. The van der Waals surface area contributed by atoms with Crippen molar-refractivity contribution in [3.05, 3.63) is 90.6 Å². The molecule has 0 aliphatic heterocycles. The van der Waals surface area contributed by atoms with Crippen LogP contribution >= 0.6 is 0 Å². The van der Waals surface area contributed by atoms with Gasteiger partial charge in [0.15, 0.2) is 0 Å². The Kier molecular flexibility index (Phi) is 7.29. The first kappa shape index (κ1) is 20.4. The maximum Gasteiger partial charge on any atom is 0.354 e. The molecule has 0 aliphatic carbocycles. The van der Waals surface area contributed by atoms with Crippen molar-refractivity contribution in [1.82, 2.24) is 15.0 Å². The molecule has 27 heavy (non-hydrogen) atoms. The predicted molar refractivity (Wildman–Crippen MR) is 99.7 cm³/mol. The first-order chi connectivity index (χ1) is 12.7. The van der Waals surface area contributed by atoms with Gasteiger partial charge in [-0.25, -0.2) is 9.78 Å². The Hall–Kier alpha value is -2.95. The molecule has 0 saturated carbocycles. The Morgan fingerprint density at radius 3 is 2.33 bits per heavy atom. The molecule has 4 rings (SSSR count). The number of carboxylic acids is 1. The van der Waals surface area contributed by atoms with Gasteiger partial charge in [0.1, 0.15) is 5.69 Å². The number of carboxylic acid groups (broad SMARTS) is 1. The quantitative estimate of drug-likeness (QED) is 0.391. The van der Waals surface area contributed by atoms with Crippen molar-refractivity contribution in [2.45, 2.75) is 6.92 Å². The summed E-state index contributed by atoms with van der Waals surface area (Å²) in [7, 11) is 0. The summed E-state index contributed by atoms with van der Waals surface area (Å²) in [4.78, 5) is 22.4. The van der Waals surface area contributed by atoms with E-state index in [1.165, 1.54) is 23.0 Å². The summed E-state index contributed by atoms with van der Waals surface area (Å²) in [5.41, 5.74) is 2.94. The maximum atomic E-state index is 10.1. The SMILES string of the molecule is Cc1nccnc1-c1[c-]ccc2ccccc12.O=C(O)c1ccccn1.[Ir]. The van der Waals surface area contributed by atoms with Crippen molar-refractivity contribution in [2.75, 3.05) is 0 Å². The molecule has 137 valence electrons. The Balaban J connectivity index is 0.000000224. The van der Waals surface area contributed by atoms with E-state index in [1.807, 2.05) is 25.1 Å². The Labute approximate surface area is 170 Å². The molecule has 0 atom stereocenters. The standard InChI is InChI=1S/C15H11N2.C6H5NO2.Ir/c1-11-15(17-10-9-16-11)14-8-4-6-12-5-2-3-7-13(12)14;8-6(9)5-3-1-2-4-7-5;/h2-7,9-10H,1H3;1-4H,(H,8,9);/q-1;;. The molecule has 5 nitrogen and oxygen atoms in total. The van der Waals surface area contributed by atoms with Crippen LogP contribution in [0.3, 0.4) is 0 Å². The van der Waals surface area contributed by atoms with E-state index >= 15 is 0 Å². The van der Waals surface area contributed by atoms with Gasteiger partial charge in [-0.15, -0.1) is 29.1 Å². The maximum absolute atomic E-state index is 10.1. The van der Waals surface area contributed by atoms with Crippen molar-refractivity contribution in [3.63, 3.8) is 0 Å². The van der Waals surface area contributed by atoms with Gasteiger partial charge in [-0.3, -0.25) is 4.98 Å². The zero-order valence-corrected chi connectivity index (χ0v) is 16.9. The van der Waals surface area contributed by atoms with Crippen molar-refractivity contribution in [1.29, 1.82) is 0 Å². The molecule has 1 radical (unpaired) electrons. The number of aromatic nitrogens is 3. The molecule has 0 amide bonds. The zero-order valence-electron chi connectivity index (χ0n) is 14.5. The fourth-order valence-electron chi connectivity index (χ4n) is 2.50. The normalized spacial score (nSPS) is 9.67. The second-order valence-corrected chi connectivity index (χ2v) is 5.45. The number of hydrogen-bond acceptors (Lipinski definition) is 4. The van der Waals surface area contributed by atoms with Gasteiger partial charge in [0, 0.05) is 50.1 Å². The van der Waals surface area contributed by atoms with Gasteiger partial charge in [-0.2, -0.15) is 0 Å². The monoisotopic (exact) mass is 535 g/mol. The van der Waals surface area contributed by atoms with E-state index in [2.05, 4.69) is 39.2 Å². The molecule has 0 unspecified atom stereocenters. The number of aryl methyl sites for hydroxylation is 1. The molecule has 2 heterocycles. The summed E-state index contributed by atoms with van der Waals surface area (Å²) in [5.74, 6) is -0.990. The average molecular weight is 535 g/mol. The third-order valence-corrected chi connectivity index (χ3v) is 3.72. The minimum absolute atomic E-state index is 0. The topological polar surface area (TPSA) is 76.0 Å². The number of carbonyl (C=O) groups is 1. The van der Waals surface area contributed by atoms with E-state index in [-0.39, 0.29) is 25.8 Å². The van der Waals surface area contributed by atoms with E-state index in [9.17, 15) is 4.79 Å². The van der Waals surface area contributed by atoms with Crippen LogP contribution in [0, 0.1) is 13.0 Å². The smallest absolute Gasteiger partial charge is 0.354 e. The Morgan fingerprint density at radius 1 is 0.926 bits per heavy atom. The Morgan fingerprint density at radius 2 is 1.67 bits per heavy atom. The van der Waals surface area contributed by atoms with Crippen molar-refractivity contribution in [3.8, 4) is 11.3 Å². The Bertz CT molecular complexity index is 1030. The van der Waals surface area contributed by atoms with Crippen LogP contribution in [-0.4, -0.2) is 26.0 Å². The van der Waals surface area contributed by atoms with Crippen molar-refractivity contribution in [2.24, 2.45) is 0 Å². The molecule has 0 spiro atoms. The number of fused-ring (bicyclic) bond motifs is 1.